The van der Waals surface area contributed by atoms with Crippen LogP contribution in [0, 0.1) is 0 Å². The van der Waals surface area contributed by atoms with Crippen LogP contribution in [0.5, 0.6) is 5.75 Å². The van der Waals surface area contributed by atoms with Gasteiger partial charge in [0.25, 0.3) is 5.91 Å². The maximum absolute atomic E-state index is 11.4. The zero-order valence-corrected chi connectivity index (χ0v) is 10.3. The van der Waals surface area contributed by atoms with Gasteiger partial charge in [-0.3, -0.25) is 9.48 Å². The molecule has 94 valence electrons. The third-order valence-electron chi connectivity index (χ3n) is 2.76. The van der Waals surface area contributed by atoms with Crippen molar-refractivity contribution in [2.45, 2.75) is 13.5 Å². The highest BCUT2D eigenvalue weighted by Gasteiger charge is 2.10. The van der Waals surface area contributed by atoms with E-state index in [0.29, 0.717) is 11.1 Å². The summed E-state index contributed by atoms with van der Waals surface area (Å²) in [5.74, 6) is -0.146. The van der Waals surface area contributed by atoms with Crippen LogP contribution in [-0.2, 0) is 6.54 Å². The molecule has 0 aliphatic heterocycles. The molecule has 2 N–H and O–H groups in total. The Morgan fingerprint density at radius 2 is 2.28 bits per heavy atom. The average molecular weight is 245 g/mol. The molecule has 5 nitrogen and oxygen atoms in total. The number of aryl methyl sites for hydroxylation is 1. The predicted molar refractivity (Wildman–Crippen MR) is 68.4 cm³/mol. The van der Waals surface area contributed by atoms with E-state index in [1.807, 2.05) is 13.1 Å². The molecule has 1 amide bonds. The highest BCUT2D eigenvalue weighted by molar-refractivity contribution is 5.95. The minimum atomic E-state index is -0.221. The summed E-state index contributed by atoms with van der Waals surface area (Å²) < 4.78 is 1.78. The fourth-order valence-electron chi connectivity index (χ4n) is 1.74. The van der Waals surface area contributed by atoms with Crippen LogP contribution >= 0.6 is 0 Å². The van der Waals surface area contributed by atoms with Gasteiger partial charge in [-0.25, -0.2) is 0 Å². The normalized spacial score (nSPS) is 10.3. The monoisotopic (exact) mass is 245 g/mol. The van der Waals surface area contributed by atoms with E-state index in [9.17, 15) is 9.90 Å². The molecule has 2 aromatic rings. The van der Waals surface area contributed by atoms with E-state index in [0.717, 1.165) is 12.1 Å². The smallest absolute Gasteiger partial charge is 0.251 e. The lowest BCUT2D eigenvalue weighted by Gasteiger charge is -2.05. The second-order valence-electron chi connectivity index (χ2n) is 3.90. The van der Waals surface area contributed by atoms with Gasteiger partial charge in [0.1, 0.15) is 5.75 Å². The summed E-state index contributed by atoms with van der Waals surface area (Å²) in [4.78, 5) is 11.4. The minimum Gasteiger partial charge on any atom is -0.507 e. The highest BCUT2D eigenvalue weighted by atomic mass is 16.3. The van der Waals surface area contributed by atoms with Crippen molar-refractivity contribution in [1.82, 2.24) is 15.1 Å². The van der Waals surface area contributed by atoms with E-state index < -0.39 is 0 Å². The van der Waals surface area contributed by atoms with Gasteiger partial charge in [-0.2, -0.15) is 5.10 Å². The molecule has 0 saturated carbocycles. The second-order valence-corrected chi connectivity index (χ2v) is 3.90. The number of nitrogens with zero attached hydrogens (tertiary/aromatic N) is 2. The number of hydrogen-bond donors (Lipinski definition) is 2. The van der Waals surface area contributed by atoms with Crippen molar-refractivity contribution in [1.29, 1.82) is 0 Å². The van der Waals surface area contributed by atoms with E-state index >= 15 is 0 Å². The van der Waals surface area contributed by atoms with Crippen molar-refractivity contribution in [2.75, 3.05) is 7.05 Å². The molecule has 0 radical (unpaired) electrons. The lowest BCUT2D eigenvalue weighted by molar-refractivity contribution is 0.0962. The molecule has 1 aromatic heterocycles. The first-order valence-corrected chi connectivity index (χ1v) is 5.73. The molecule has 1 heterocycles. The van der Waals surface area contributed by atoms with Gasteiger partial charge in [0.15, 0.2) is 0 Å². The van der Waals surface area contributed by atoms with Gasteiger partial charge in [-0.05, 0) is 25.1 Å². The molecule has 0 aliphatic carbocycles. The van der Waals surface area contributed by atoms with Crippen LogP contribution in [-0.4, -0.2) is 27.8 Å². The highest BCUT2D eigenvalue weighted by Crippen LogP contribution is 2.29. The third-order valence-corrected chi connectivity index (χ3v) is 2.76. The molecule has 0 saturated heterocycles. The van der Waals surface area contributed by atoms with Crippen molar-refractivity contribution in [3.05, 3.63) is 36.2 Å². The molecule has 0 unspecified atom stereocenters. The molecule has 0 bridgehead atoms. The first kappa shape index (κ1) is 12.2. The molecule has 0 fully saturated rings. The zero-order valence-electron chi connectivity index (χ0n) is 10.3. The van der Waals surface area contributed by atoms with Crippen LogP contribution in [0.3, 0.4) is 0 Å². The standard InChI is InChI=1S/C13H15N3O2/c1-3-16-8-10(7-15-16)11-5-4-9(6-12(11)17)13(18)14-2/h4-8,17H,3H2,1-2H3,(H,14,18). The molecular weight excluding hydrogens is 230 g/mol. The summed E-state index contributed by atoms with van der Waals surface area (Å²) in [6.45, 7) is 2.77. The Labute approximate surface area is 105 Å². The first-order chi connectivity index (χ1) is 8.65. The van der Waals surface area contributed by atoms with Crippen molar-refractivity contribution in [3.63, 3.8) is 0 Å². The largest absolute Gasteiger partial charge is 0.507 e. The zero-order chi connectivity index (χ0) is 13.1. The number of hydrogen-bond acceptors (Lipinski definition) is 3. The van der Waals surface area contributed by atoms with Crippen LogP contribution < -0.4 is 5.32 Å². The van der Waals surface area contributed by atoms with Gasteiger partial charge >= 0.3 is 0 Å². The lowest BCUT2D eigenvalue weighted by Crippen LogP contribution is -2.17. The summed E-state index contributed by atoms with van der Waals surface area (Å²) in [6.07, 6.45) is 3.55. The number of benzene rings is 1. The molecule has 5 heteroatoms. The minimum absolute atomic E-state index is 0.0757. The Kier molecular flexibility index (Phi) is 3.32. The Morgan fingerprint density at radius 3 is 2.83 bits per heavy atom. The number of aromatic hydroxyl groups is 1. The Balaban J connectivity index is 2.38. The van der Waals surface area contributed by atoms with Gasteiger partial charge in [0.2, 0.25) is 0 Å². The summed E-state index contributed by atoms with van der Waals surface area (Å²) in [5.41, 5.74) is 1.93. The van der Waals surface area contributed by atoms with Gasteiger partial charge in [0, 0.05) is 36.5 Å². The summed E-state index contributed by atoms with van der Waals surface area (Å²) in [5, 5.41) is 16.6. The maximum Gasteiger partial charge on any atom is 0.251 e. The summed E-state index contributed by atoms with van der Waals surface area (Å²) in [7, 11) is 1.55. The Hall–Kier alpha value is -2.30. The SMILES string of the molecule is CCn1cc(-c2ccc(C(=O)NC)cc2O)cn1. The number of carbonyl (C=O) groups is 1. The number of nitrogens with one attached hydrogen (secondary N) is 1. The van der Waals surface area contributed by atoms with E-state index in [1.165, 1.54) is 6.07 Å². The number of phenolic OH excluding ortho intramolecular Hbond substituents is 1. The van der Waals surface area contributed by atoms with Crippen LogP contribution in [0.4, 0.5) is 0 Å². The molecule has 0 spiro atoms. The maximum atomic E-state index is 11.4. The van der Waals surface area contributed by atoms with Crippen molar-refractivity contribution in [2.24, 2.45) is 0 Å². The molecule has 0 aliphatic rings. The molecule has 2 rings (SSSR count). The first-order valence-electron chi connectivity index (χ1n) is 5.73. The van der Waals surface area contributed by atoms with E-state index in [1.54, 1.807) is 30.1 Å². The Bertz CT molecular complexity index is 575. The number of rotatable bonds is 3. The molecular formula is C13H15N3O2. The summed E-state index contributed by atoms with van der Waals surface area (Å²) in [6, 6.07) is 4.85. The number of carbonyl (C=O) groups excluding carboxylic acids is 1. The van der Waals surface area contributed by atoms with E-state index in [2.05, 4.69) is 10.4 Å². The fourth-order valence-corrected chi connectivity index (χ4v) is 1.74. The molecule has 0 atom stereocenters. The van der Waals surface area contributed by atoms with Gasteiger partial charge in [0.05, 0.1) is 6.20 Å². The van der Waals surface area contributed by atoms with Crippen LogP contribution in [0.15, 0.2) is 30.6 Å². The second kappa shape index (κ2) is 4.91. The van der Waals surface area contributed by atoms with Crippen LogP contribution in [0.2, 0.25) is 0 Å². The van der Waals surface area contributed by atoms with E-state index in [4.69, 9.17) is 0 Å². The van der Waals surface area contributed by atoms with Crippen molar-refractivity contribution < 1.29 is 9.90 Å². The fraction of sp³-hybridized carbons (Fsp3) is 0.231. The number of amides is 1. The van der Waals surface area contributed by atoms with Gasteiger partial charge < -0.3 is 10.4 Å². The van der Waals surface area contributed by atoms with Gasteiger partial charge in [-0.1, -0.05) is 0 Å². The predicted octanol–water partition coefficient (Wildman–Crippen LogP) is 1.64. The molecule has 1 aromatic carbocycles. The van der Waals surface area contributed by atoms with Crippen LogP contribution in [0.1, 0.15) is 17.3 Å². The molecule has 18 heavy (non-hydrogen) atoms. The average Bonchev–Trinajstić information content (AvgIpc) is 2.86. The van der Waals surface area contributed by atoms with Crippen LogP contribution in [0.25, 0.3) is 11.1 Å². The number of aromatic nitrogens is 2. The Morgan fingerprint density at radius 1 is 1.50 bits per heavy atom. The topological polar surface area (TPSA) is 67.2 Å². The quantitative estimate of drug-likeness (QED) is 0.863. The third kappa shape index (κ3) is 2.20. The van der Waals surface area contributed by atoms with E-state index in [-0.39, 0.29) is 11.7 Å². The van der Waals surface area contributed by atoms with Crippen molar-refractivity contribution in [3.8, 4) is 16.9 Å². The van der Waals surface area contributed by atoms with Gasteiger partial charge in [-0.15, -0.1) is 0 Å². The number of phenols is 1. The summed E-state index contributed by atoms with van der Waals surface area (Å²) >= 11 is 0. The lowest BCUT2D eigenvalue weighted by atomic mass is 10.1. The van der Waals surface area contributed by atoms with Crippen molar-refractivity contribution >= 4 is 5.91 Å².